The maximum Gasteiger partial charge on any atom is 0.337 e. The van der Waals surface area contributed by atoms with E-state index in [0.717, 1.165) is 34.4 Å². The van der Waals surface area contributed by atoms with Crippen LogP contribution in [-0.2, 0) is 16.9 Å². The topological polar surface area (TPSA) is 57.0 Å². The number of hydrogen-bond acceptors (Lipinski definition) is 6. The summed E-state index contributed by atoms with van der Waals surface area (Å²) in [6, 6.07) is 21.8. The first kappa shape index (κ1) is 19.4. The Hall–Kier alpha value is -2.90. The molecule has 7 heteroatoms. The van der Waals surface area contributed by atoms with Gasteiger partial charge in [-0.1, -0.05) is 48.2 Å². The number of ether oxygens (including phenoxy) is 1. The van der Waals surface area contributed by atoms with Gasteiger partial charge in [0, 0.05) is 22.7 Å². The molecule has 5 nitrogen and oxygen atoms in total. The Kier molecular flexibility index (Phi) is 6.07. The summed E-state index contributed by atoms with van der Waals surface area (Å²) < 4.78 is 6.87. The molecule has 2 aromatic carbocycles. The lowest BCUT2D eigenvalue weighted by Gasteiger charge is -2.10. The van der Waals surface area contributed by atoms with Crippen molar-refractivity contribution in [3.8, 4) is 5.69 Å². The predicted molar refractivity (Wildman–Crippen MR) is 116 cm³/mol. The molecule has 0 saturated carbocycles. The van der Waals surface area contributed by atoms with Gasteiger partial charge in [-0.15, -0.1) is 21.5 Å². The van der Waals surface area contributed by atoms with E-state index in [1.165, 1.54) is 12.0 Å². The van der Waals surface area contributed by atoms with Gasteiger partial charge in [-0.25, -0.2) is 4.79 Å². The Bertz CT molecular complexity index is 1080. The monoisotopic (exact) mass is 421 g/mol. The lowest BCUT2D eigenvalue weighted by atomic mass is 10.1. The van der Waals surface area contributed by atoms with Crippen molar-refractivity contribution in [2.45, 2.75) is 17.3 Å². The van der Waals surface area contributed by atoms with Crippen LogP contribution in [0.5, 0.6) is 0 Å². The molecule has 0 spiro atoms. The van der Waals surface area contributed by atoms with Crippen molar-refractivity contribution in [1.29, 1.82) is 0 Å². The maximum absolute atomic E-state index is 11.6. The summed E-state index contributed by atoms with van der Waals surface area (Å²) in [6.07, 6.45) is 0.744. The molecule has 2 aromatic heterocycles. The van der Waals surface area contributed by atoms with E-state index in [1.807, 2.05) is 30.3 Å². The fourth-order valence-corrected chi connectivity index (χ4v) is 4.54. The van der Waals surface area contributed by atoms with Crippen molar-refractivity contribution in [1.82, 2.24) is 14.8 Å². The van der Waals surface area contributed by atoms with Gasteiger partial charge in [-0.05, 0) is 41.3 Å². The second-order valence-corrected chi connectivity index (χ2v) is 8.28. The van der Waals surface area contributed by atoms with Crippen molar-refractivity contribution in [2.24, 2.45) is 0 Å². The number of thioether (sulfide) groups is 1. The molecule has 29 heavy (non-hydrogen) atoms. The number of methoxy groups -OCH3 is 1. The quantitative estimate of drug-likeness (QED) is 0.310. The van der Waals surface area contributed by atoms with Crippen molar-refractivity contribution >= 4 is 29.1 Å². The van der Waals surface area contributed by atoms with Crippen LogP contribution < -0.4 is 0 Å². The highest BCUT2D eigenvalue weighted by Crippen LogP contribution is 2.27. The molecule has 0 saturated heterocycles. The summed E-state index contributed by atoms with van der Waals surface area (Å²) in [5.41, 5.74) is 2.70. The van der Waals surface area contributed by atoms with Crippen LogP contribution in [0, 0.1) is 0 Å². The molecule has 0 unspecified atom stereocenters. The lowest BCUT2D eigenvalue weighted by Crippen LogP contribution is -2.03. The molecule has 0 aliphatic rings. The molecule has 0 N–H and O–H groups in total. The van der Waals surface area contributed by atoms with E-state index in [-0.39, 0.29) is 5.97 Å². The van der Waals surface area contributed by atoms with E-state index in [4.69, 9.17) is 4.74 Å². The third-order valence-electron chi connectivity index (χ3n) is 4.37. The smallest absolute Gasteiger partial charge is 0.337 e. The van der Waals surface area contributed by atoms with E-state index < -0.39 is 0 Å². The summed E-state index contributed by atoms with van der Waals surface area (Å²) in [7, 11) is 1.39. The third kappa shape index (κ3) is 4.58. The van der Waals surface area contributed by atoms with Crippen LogP contribution in [0.25, 0.3) is 5.69 Å². The number of carbonyl (C=O) groups excluding carboxylic acids is 1. The first-order valence-corrected chi connectivity index (χ1v) is 10.9. The number of esters is 1. The molecule has 2 heterocycles. The zero-order chi connectivity index (χ0) is 20.1. The van der Waals surface area contributed by atoms with E-state index in [0.29, 0.717) is 5.56 Å². The van der Waals surface area contributed by atoms with Crippen LogP contribution in [0.2, 0.25) is 0 Å². The zero-order valence-electron chi connectivity index (χ0n) is 15.8. The molecule has 0 aliphatic heterocycles. The third-order valence-corrected chi connectivity index (χ3v) is 6.25. The van der Waals surface area contributed by atoms with E-state index in [2.05, 4.69) is 44.4 Å². The fraction of sp³-hybridized carbons (Fsp3) is 0.136. The normalized spacial score (nSPS) is 10.8. The summed E-state index contributed by atoms with van der Waals surface area (Å²) in [5, 5.41) is 11.8. The SMILES string of the molecule is COC(=O)c1ccc(CSc2nnc(Cc3cccs3)n2-c2ccccc2)cc1. The summed E-state index contributed by atoms with van der Waals surface area (Å²) in [6.45, 7) is 0. The molecular weight excluding hydrogens is 402 g/mol. The molecule has 4 aromatic rings. The minimum atomic E-state index is -0.328. The van der Waals surface area contributed by atoms with Gasteiger partial charge in [-0.2, -0.15) is 0 Å². The molecular formula is C22H19N3O2S2. The van der Waals surface area contributed by atoms with Gasteiger partial charge >= 0.3 is 5.97 Å². The largest absolute Gasteiger partial charge is 0.465 e. The highest BCUT2D eigenvalue weighted by Gasteiger charge is 2.15. The molecule has 0 atom stereocenters. The first-order chi connectivity index (χ1) is 14.2. The van der Waals surface area contributed by atoms with Crippen LogP contribution in [0.4, 0.5) is 0 Å². The van der Waals surface area contributed by atoms with Crippen LogP contribution in [0.15, 0.2) is 77.3 Å². The Morgan fingerprint density at radius 2 is 1.83 bits per heavy atom. The van der Waals surface area contributed by atoms with Gasteiger partial charge in [0.05, 0.1) is 12.7 Å². The molecule has 0 amide bonds. The number of thiophene rings is 1. The van der Waals surface area contributed by atoms with Crippen molar-refractivity contribution < 1.29 is 9.53 Å². The Balaban J connectivity index is 1.57. The molecule has 0 bridgehead atoms. The van der Waals surface area contributed by atoms with Gasteiger partial charge < -0.3 is 4.74 Å². The number of hydrogen-bond donors (Lipinski definition) is 0. The Morgan fingerprint density at radius 1 is 1.03 bits per heavy atom. The summed E-state index contributed by atoms with van der Waals surface area (Å²) >= 11 is 3.35. The van der Waals surface area contributed by atoms with Crippen molar-refractivity contribution in [2.75, 3.05) is 7.11 Å². The van der Waals surface area contributed by atoms with Gasteiger partial charge in [0.25, 0.3) is 0 Å². The van der Waals surface area contributed by atoms with Crippen LogP contribution in [0.1, 0.15) is 26.6 Å². The van der Waals surface area contributed by atoms with Gasteiger partial charge in [0.1, 0.15) is 5.82 Å². The molecule has 0 aliphatic carbocycles. The maximum atomic E-state index is 11.6. The Labute approximate surface area is 177 Å². The highest BCUT2D eigenvalue weighted by molar-refractivity contribution is 7.98. The fourth-order valence-electron chi connectivity index (χ4n) is 2.92. The Morgan fingerprint density at radius 3 is 2.52 bits per heavy atom. The minimum absolute atomic E-state index is 0.328. The van der Waals surface area contributed by atoms with Gasteiger partial charge in [0.15, 0.2) is 5.16 Å². The van der Waals surface area contributed by atoms with Crippen molar-refractivity contribution in [3.63, 3.8) is 0 Å². The molecule has 0 radical (unpaired) electrons. The number of carbonyl (C=O) groups is 1. The summed E-state index contributed by atoms with van der Waals surface area (Å²) in [4.78, 5) is 12.8. The lowest BCUT2D eigenvalue weighted by molar-refractivity contribution is 0.0600. The standard InChI is InChI=1S/C22H19N3O2S2/c1-27-21(26)17-11-9-16(10-12-17)15-29-22-24-23-20(14-19-8-5-13-28-19)25(22)18-6-3-2-4-7-18/h2-13H,14-15H2,1H3. The summed E-state index contributed by atoms with van der Waals surface area (Å²) in [5.74, 6) is 1.32. The van der Waals surface area contributed by atoms with Crippen molar-refractivity contribution in [3.05, 3.63) is 93.9 Å². The van der Waals surface area contributed by atoms with E-state index in [9.17, 15) is 4.79 Å². The molecule has 0 fully saturated rings. The zero-order valence-corrected chi connectivity index (χ0v) is 17.5. The minimum Gasteiger partial charge on any atom is -0.465 e. The van der Waals surface area contributed by atoms with Gasteiger partial charge in [-0.3, -0.25) is 4.57 Å². The first-order valence-electron chi connectivity index (χ1n) is 9.07. The number of aromatic nitrogens is 3. The number of nitrogens with zero attached hydrogens (tertiary/aromatic N) is 3. The van der Waals surface area contributed by atoms with Gasteiger partial charge in [0.2, 0.25) is 0 Å². The van der Waals surface area contributed by atoms with Crippen LogP contribution in [-0.4, -0.2) is 27.8 Å². The number of para-hydroxylation sites is 1. The van der Waals surface area contributed by atoms with E-state index >= 15 is 0 Å². The average molecular weight is 422 g/mol. The highest BCUT2D eigenvalue weighted by atomic mass is 32.2. The second-order valence-electron chi connectivity index (χ2n) is 6.30. The molecule has 4 rings (SSSR count). The van der Waals surface area contributed by atoms with Crippen LogP contribution in [0.3, 0.4) is 0 Å². The number of rotatable bonds is 7. The second kappa shape index (κ2) is 9.07. The predicted octanol–water partition coefficient (Wildman–Crippen LogP) is 5.00. The van der Waals surface area contributed by atoms with Crippen LogP contribution >= 0.6 is 23.1 Å². The average Bonchev–Trinajstić information content (AvgIpc) is 3.43. The molecule has 146 valence electrons. The van der Waals surface area contributed by atoms with E-state index in [1.54, 1.807) is 35.2 Å². The number of benzene rings is 2.